The molecule has 5 rings (SSSR count). The molecule has 152 valence electrons. The van der Waals surface area contributed by atoms with Gasteiger partial charge in [-0.15, -0.1) is 10.2 Å². The molecular formula is C22H22N6O2. The molecule has 0 saturated heterocycles. The lowest BCUT2D eigenvalue weighted by Gasteiger charge is -2.10. The largest absolute Gasteiger partial charge is 0.336 e. The quantitative estimate of drug-likeness (QED) is 0.554. The van der Waals surface area contributed by atoms with E-state index in [-0.39, 0.29) is 5.91 Å². The molecule has 8 nitrogen and oxygen atoms in total. The van der Waals surface area contributed by atoms with Crippen molar-refractivity contribution >= 4 is 22.7 Å². The molecular weight excluding hydrogens is 380 g/mol. The number of anilines is 1. The third-order valence-electron chi connectivity index (χ3n) is 5.48. The van der Waals surface area contributed by atoms with E-state index in [1.54, 1.807) is 13.0 Å². The molecule has 0 atom stereocenters. The van der Waals surface area contributed by atoms with E-state index in [1.165, 1.54) is 6.42 Å². The van der Waals surface area contributed by atoms with Crippen molar-refractivity contribution in [3.05, 3.63) is 53.1 Å². The fraction of sp³-hybridized carbons (Fsp3) is 0.318. The lowest BCUT2D eigenvalue weighted by atomic mass is 10.1. The summed E-state index contributed by atoms with van der Waals surface area (Å²) in [6.45, 7) is 4.55. The number of nitrogens with zero attached hydrogens (tertiary/aromatic N) is 5. The van der Waals surface area contributed by atoms with Gasteiger partial charge in [-0.25, -0.2) is 4.98 Å². The third kappa shape index (κ3) is 3.24. The van der Waals surface area contributed by atoms with E-state index in [9.17, 15) is 4.79 Å². The maximum atomic E-state index is 13.1. The number of rotatable bonds is 3. The lowest BCUT2D eigenvalue weighted by molar-refractivity contribution is 0.102. The number of pyridine rings is 1. The molecule has 0 aliphatic carbocycles. The highest BCUT2D eigenvalue weighted by molar-refractivity contribution is 6.12. The molecule has 0 bridgehead atoms. The molecule has 0 saturated carbocycles. The van der Waals surface area contributed by atoms with E-state index in [0.29, 0.717) is 33.7 Å². The van der Waals surface area contributed by atoms with E-state index >= 15 is 0 Å². The monoisotopic (exact) mass is 402 g/mol. The highest BCUT2D eigenvalue weighted by Crippen LogP contribution is 2.26. The molecule has 3 aromatic heterocycles. The molecule has 1 aliphatic heterocycles. The van der Waals surface area contributed by atoms with Gasteiger partial charge in [0.15, 0.2) is 5.82 Å². The van der Waals surface area contributed by atoms with Crippen LogP contribution in [0.4, 0.5) is 5.69 Å². The first-order valence-corrected chi connectivity index (χ1v) is 10.2. The van der Waals surface area contributed by atoms with E-state index in [4.69, 9.17) is 4.52 Å². The molecule has 1 aliphatic rings. The Labute approximate surface area is 173 Å². The van der Waals surface area contributed by atoms with Crippen LogP contribution in [0.1, 0.15) is 46.8 Å². The van der Waals surface area contributed by atoms with Crippen molar-refractivity contribution in [3.8, 4) is 11.4 Å². The molecule has 1 aromatic carbocycles. The van der Waals surface area contributed by atoms with Crippen LogP contribution < -0.4 is 5.32 Å². The molecule has 0 spiro atoms. The zero-order valence-electron chi connectivity index (χ0n) is 17.0. The van der Waals surface area contributed by atoms with E-state index in [1.807, 2.05) is 31.2 Å². The van der Waals surface area contributed by atoms with Gasteiger partial charge in [0.25, 0.3) is 11.6 Å². The minimum atomic E-state index is -0.228. The first-order valence-electron chi connectivity index (χ1n) is 10.2. The van der Waals surface area contributed by atoms with E-state index in [0.717, 1.165) is 43.0 Å². The molecule has 8 heteroatoms. The summed E-state index contributed by atoms with van der Waals surface area (Å²) < 4.78 is 7.44. The van der Waals surface area contributed by atoms with E-state index < -0.39 is 0 Å². The van der Waals surface area contributed by atoms with Crippen LogP contribution in [0.3, 0.4) is 0 Å². The van der Waals surface area contributed by atoms with Crippen LogP contribution in [0.2, 0.25) is 0 Å². The third-order valence-corrected chi connectivity index (χ3v) is 5.48. The molecule has 1 amide bonds. The van der Waals surface area contributed by atoms with Crippen molar-refractivity contribution in [2.75, 3.05) is 5.32 Å². The highest BCUT2D eigenvalue weighted by atomic mass is 16.5. The van der Waals surface area contributed by atoms with Crippen molar-refractivity contribution < 1.29 is 9.32 Å². The minimum absolute atomic E-state index is 0.228. The van der Waals surface area contributed by atoms with Crippen LogP contribution in [0.15, 0.2) is 34.9 Å². The van der Waals surface area contributed by atoms with Gasteiger partial charge in [0.05, 0.1) is 16.6 Å². The van der Waals surface area contributed by atoms with Gasteiger partial charge in [-0.3, -0.25) is 4.79 Å². The van der Waals surface area contributed by atoms with Crippen LogP contribution in [-0.4, -0.2) is 30.8 Å². The Bertz CT molecular complexity index is 1260. The summed E-state index contributed by atoms with van der Waals surface area (Å²) in [6.07, 6.45) is 4.44. The zero-order valence-corrected chi connectivity index (χ0v) is 17.0. The normalized spacial score (nSPS) is 13.8. The molecule has 0 radical (unpaired) electrons. The van der Waals surface area contributed by atoms with Crippen molar-refractivity contribution in [2.45, 2.75) is 46.1 Å². The summed E-state index contributed by atoms with van der Waals surface area (Å²) in [5, 5.41) is 16.4. The predicted molar refractivity (Wildman–Crippen MR) is 112 cm³/mol. The number of carbonyl (C=O) groups is 1. The van der Waals surface area contributed by atoms with Gasteiger partial charge in [0, 0.05) is 29.9 Å². The van der Waals surface area contributed by atoms with Gasteiger partial charge in [0.1, 0.15) is 5.82 Å². The average molecular weight is 402 g/mol. The SMILES string of the molecule is Cc1cc(C(=O)Nc2cccc(-c3nnc4n3CCCCC4)c2)c2c(C)noc2n1. The van der Waals surface area contributed by atoms with Gasteiger partial charge in [-0.1, -0.05) is 23.7 Å². The molecule has 4 aromatic rings. The average Bonchev–Trinajstić information content (AvgIpc) is 3.23. The second kappa shape index (κ2) is 7.37. The number of amides is 1. The number of hydrogen-bond acceptors (Lipinski definition) is 6. The number of aryl methyl sites for hydroxylation is 3. The fourth-order valence-corrected chi connectivity index (χ4v) is 4.03. The first kappa shape index (κ1) is 18.5. The van der Waals surface area contributed by atoms with Crippen molar-refractivity contribution in [1.29, 1.82) is 0 Å². The maximum absolute atomic E-state index is 13.1. The second-order valence-corrected chi connectivity index (χ2v) is 7.70. The Morgan fingerprint density at radius 2 is 2.03 bits per heavy atom. The summed E-state index contributed by atoms with van der Waals surface area (Å²) in [5.74, 6) is 1.66. The number of hydrogen-bond donors (Lipinski definition) is 1. The minimum Gasteiger partial charge on any atom is -0.336 e. The van der Waals surface area contributed by atoms with Crippen LogP contribution in [0.5, 0.6) is 0 Å². The number of aromatic nitrogens is 5. The summed E-state index contributed by atoms with van der Waals surface area (Å²) in [7, 11) is 0. The van der Waals surface area contributed by atoms with E-state index in [2.05, 4.69) is 30.2 Å². The number of fused-ring (bicyclic) bond motifs is 2. The Morgan fingerprint density at radius 1 is 1.13 bits per heavy atom. The Hall–Kier alpha value is -3.55. The Balaban J connectivity index is 1.47. The fourth-order valence-electron chi connectivity index (χ4n) is 4.03. The van der Waals surface area contributed by atoms with Crippen LogP contribution in [0, 0.1) is 13.8 Å². The van der Waals surface area contributed by atoms with Crippen molar-refractivity contribution in [3.63, 3.8) is 0 Å². The summed E-state index contributed by atoms with van der Waals surface area (Å²) in [4.78, 5) is 17.4. The number of carbonyl (C=O) groups excluding carboxylic acids is 1. The van der Waals surface area contributed by atoms with Gasteiger partial charge < -0.3 is 14.4 Å². The smallest absolute Gasteiger partial charge is 0.258 e. The molecule has 4 heterocycles. The standard InChI is InChI=1S/C22H22N6O2/c1-13-11-17(19-14(2)27-30-22(19)23-13)21(29)24-16-8-6-7-15(12-16)20-26-25-18-9-4-3-5-10-28(18)20/h6-8,11-12H,3-5,9-10H2,1-2H3,(H,24,29). The van der Waals surface area contributed by atoms with Crippen LogP contribution in [-0.2, 0) is 13.0 Å². The lowest BCUT2D eigenvalue weighted by Crippen LogP contribution is -2.13. The van der Waals surface area contributed by atoms with Gasteiger partial charge in [0.2, 0.25) is 0 Å². The zero-order chi connectivity index (χ0) is 20.7. The second-order valence-electron chi connectivity index (χ2n) is 7.70. The highest BCUT2D eigenvalue weighted by Gasteiger charge is 2.19. The van der Waals surface area contributed by atoms with Crippen molar-refractivity contribution in [2.24, 2.45) is 0 Å². The topological polar surface area (TPSA) is 98.7 Å². The van der Waals surface area contributed by atoms with Gasteiger partial charge in [-0.05, 0) is 44.9 Å². The molecule has 0 unspecified atom stereocenters. The number of benzene rings is 1. The molecule has 0 fully saturated rings. The first-order chi connectivity index (χ1) is 14.6. The van der Waals surface area contributed by atoms with Crippen molar-refractivity contribution in [1.82, 2.24) is 24.9 Å². The van der Waals surface area contributed by atoms with Gasteiger partial charge >= 0.3 is 0 Å². The predicted octanol–water partition coefficient (Wildman–Crippen LogP) is 4.08. The molecule has 1 N–H and O–H groups in total. The number of nitrogens with one attached hydrogen (secondary N) is 1. The van der Waals surface area contributed by atoms with Crippen LogP contribution >= 0.6 is 0 Å². The molecule has 30 heavy (non-hydrogen) atoms. The van der Waals surface area contributed by atoms with Crippen LogP contribution in [0.25, 0.3) is 22.5 Å². The summed E-state index contributed by atoms with van der Waals surface area (Å²) in [5.41, 5.74) is 3.84. The Kier molecular flexibility index (Phi) is 4.54. The summed E-state index contributed by atoms with van der Waals surface area (Å²) >= 11 is 0. The maximum Gasteiger partial charge on any atom is 0.258 e. The summed E-state index contributed by atoms with van der Waals surface area (Å²) in [6, 6.07) is 9.47. The Morgan fingerprint density at radius 3 is 2.93 bits per heavy atom. The van der Waals surface area contributed by atoms with Gasteiger partial charge in [-0.2, -0.15) is 0 Å².